The number of phenols is 1. The fraction of sp³-hybridized carbons (Fsp3) is 0.182. The summed E-state index contributed by atoms with van der Waals surface area (Å²) in [4.78, 5) is 23.5. The van der Waals surface area contributed by atoms with Gasteiger partial charge in [0.25, 0.3) is 0 Å². The average molecular weight is 377 g/mol. The molecule has 1 aliphatic heterocycles. The van der Waals surface area contributed by atoms with Crippen LogP contribution in [0.2, 0.25) is 0 Å². The minimum atomic E-state index is -1.24. The third-order valence-electron chi connectivity index (χ3n) is 5.00. The van der Waals surface area contributed by atoms with E-state index in [1.54, 1.807) is 16.7 Å². The highest BCUT2D eigenvalue weighted by molar-refractivity contribution is 5.87. The van der Waals surface area contributed by atoms with E-state index in [1.807, 2.05) is 37.3 Å². The van der Waals surface area contributed by atoms with Crippen LogP contribution in [0.3, 0.4) is 0 Å². The van der Waals surface area contributed by atoms with E-state index in [9.17, 15) is 19.8 Å². The topological polar surface area (TPSA) is 88.8 Å². The summed E-state index contributed by atoms with van der Waals surface area (Å²) in [6.07, 6.45) is 2.01. The zero-order valence-corrected chi connectivity index (χ0v) is 15.3. The number of carboxylic acids is 1. The van der Waals surface area contributed by atoms with Gasteiger partial charge >= 0.3 is 5.97 Å². The fourth-order valence-electron chi connectivity index (χ4n) is 3.58. The maximum absolute atomic E-state index is 12.2. The highest BCUT2D eigenvalue weighted by Crippen LogP contribution is 2.40. The standard InChI is InChI=1S/C22H19NO5/c1-13-7-15-8-21(28-12-14-5-3-2-4-6-14)20(25)9-16(15)18-10-19(24)17(22(26)27)11-23(13)18/h2-6,8-11,13,25H,7,12H2,1H3,(H,26,27). The molecule has 0 saturated heterocycles. The number of aromatic nitrogens is 1. The van der Waals surface area contributed by atoms with E-state index in [0.717, 1.165) is 11.1 Å². The molecule has 4 rings (SSSR count). The van der Waals surface area contributed by atoms with E-state index in [0.29, 0.717) is 30.0 Å². The molecule has 0 aliphatic carbocycles. The quantitative estimate of drug-likeness (QED) is 0.725. The van der Waals surface area contributed by atoms with Crippen molar-refractivity contribution in [2.45, 2.75) is 26.0 Å². The molecule has 0 spiro atoms. The summed E-state index contributed by atoms with van der Waals surface area (Å²) in [5.41, 5.74) is 2.42. The number of benzene rings is 2. The largest absolute Gasteiger partial charge is 0.504 e. The van der Waals surface area contributed by atoms with Crippen molar-refractivity contribution in [2.75, 3.05) is 0 Å². The van der Waals surface area contributed by atoms with Gasteiger partial charge in [0.05, 0.1) is 5.69 Å². The van der Waals surface area contributed by atoms with Crippen LogP contribution in [-0.2, 0) is 13.0 Å². The van der Waals surface area contributed by atoms with Crippen molar-refractivity contribution in [1.29, 1.82) is 0 Å². The highest BCUT2D eigenvalue weighted by Gasteiger charge is 2.25. The minimum absolute atomic E-state index is 0.0226. The van der Waals surface area contributed by atoms with Gasteiger partial charge in [0, 0.05) is 23.9 Å². The summed E-state index contributed by atoms with van der Waals surface area (Å²) in [7, 11) is 0. The molecule has 2 N–H and O–H groups in total. The Morgan fingerprint density at radius 2 is 1.96 bits per heavy atom. The Balaban J connectivity index is 1.73. The average Bonchev–Trinajstić information content (AvgIpc) is 2.67. The van der Waals surface area contributed by atoms with Crippen molar-refractivity contribution in [3.8, 4) is 22.8 Å². The van der Waals surface area contributed by atoms with Crippen molar-refractivity contribution in [1.82, 2.24) is 4.57 Å². The number of aromatic hydroxyl groups is 1. The van der Waals surface area contributed by atoms with E-state index in [1.165, 1.54) is 12.3 Å². The third-order valence-corrected chi connectivity index (χ3v) is 5.00. The van der Waals surface area contributed by atoms with E-state index >= 15 is 0 Å². The number of nitrogens with zero attached hydrogens (tertiary/aromatic N) is 1. The van der Waals surface area contributed by atoms with Crippen LogP contribution in [0.25, 0.3) is 11.3 Å². The van der Waals surface area contributed by atoms with Gasteiger partial charge in [0.2, 0.25) is 0 Å². The van der Waals surface area contributed by atoms with Crippen molar-refractivity contribution < 1.29 is 19.7 Å². The van der Waals surface area contributed by atoms with E-state index in [2.05, 4.69) is 0 Å². The second kappa shape index (κ2) is 6.88. The first-order chi connectivity index (χ1) is 13.4. The molecular weight excluding hydrogens is 358 g/mol. The Kier molecular flexibility index (Phi) is 4.39. The van der Waals surface area contributed by atoms with Crippen molar-refractivity contribution in [3.05, 3.63) is 81.6 Å². The van der Waals surface area contributed by atoms with Gasteiger partial charge in [0.15, 0.2) is 16.9 Å². The molecule has 1 unspecified atom stereocenters. The third kappa shape index (κ3) is 3.13. The Morgan fingerprint density at radius 3 is 2.68 bits per heavy atom. The van der Waals surface area contributed by atoms with Crippen molar-refractivity contribution in [3.63, 3.8) is 0 Å². The van der Waals surface area contributed by atoms with Crippen LogP contribution < -0.4 is 10.2 Å². The maximum atomic E-state index is 12.2. The molecular formula is C22H19NO5. The molecule has 2 aromatic carbocycles. The molecule has 6 heteroatoms. The van der Waals surface area contributed by atoms with Crippen LogP contribution in [-0.4, -0.2) is 20.7 Å². The molecule has 3 aromatic rings. The number of carbonyl (C=O) groups is 1. The summed E-state index contributed by atoms with van der Waals surface area (Å²) in [6, 6.07) is 14.3. The van der Waals surface area contributed by atoms with Crippen molar-refractivity contribution in [2.24, 2.45) is 0 Å². The normalized spacial score (nSPS) is 14.8. The Hall–Kier alpha value is -3.54. The summed E-state index contributed by atoms with van der Waals surface area (Å²) in [5, 5.41) is 19.7. The predicted octanol–water partition coefficient (Wildman–Crippen LogP) is 3.62. The van der Waals surface area contributed by atoms with Gasteiger partial charge in [-0.25, -0.2) is 4.79 Å². The lowest BCUT2D eigenvalue weighted by Gasteiger charge is -2.29. The molecule has 0 bridgehead atoms. The SMILES string of the molecule is CC1Cc2cc(OCc3ccccc3)c(O)cc2-c2cc(=O)c(C(=O)O)cn21. The number of hydrogen-bond acceptors (Lipinski definition) is 4. The molecule has 1 aliphatic rings. The van der Waals surface area contributed by atoms with Gasteiger partial charge in [-0.05, 0) is 36.6 Å². The molecule has 0 radical (unpaired) electrons. The zero-order valence-electron chi connectivity index (χ0n) is 15.3. The molecule has 2 heterocycles. The Labute approximate surface area is 161 Å². The molecule has 1 aromatic heterocycles. The van der Waals surface area contributed by atoms with Gasteiger partial charge in [-0.3, -0.25) is 4.79 Å². The smallest absolute Gasteiger partial charge is 0.341 e. The molecule has 0 fully saturated rings. The van der Waals surface area contributed by atoms with Gasteiger partial charge in [0.1, 0.15) is 12.2 Å². The van der Waals surface area contributed by atoms with Crippen LogP contribution in [0.5, 0.6) is 11.5 Å². The van der Waals surface area contributed by atoms with E-state index < -0.39 is 11.4 Å². The molecule has 142 valence electrons. The lowest BCUT2D eigenvalue weighted by molar-refractivity contribution is 0.0694. The van der Waals surface area contributed by atoms with E-state index in [-0.39, 0.29) is 17.4 Å². The van der Waals surface area contributed by atoms with Gasteiger partial charge < -0.3 is 19.5 Å². The van der Waals surface area contributed by atoms with Gasteiger partial charge in [-0.15, -0.1) is 0 Å². The highest BCUT2D eigenvalue weighted by atomic mass is 16.5. The zero-order chi connectivity index (χ0) is 19.8. The van der Waals surface area contributed by atoms with Crippen LogP contribution in [0.15, 0.2) is 59.5 Å². The summed E-state index contributed by atoms with van der Waals surface area (Å²) < 4.78 is 7.57. The number of aromatic carboxylic acids is 1. The summed E-state index contributed by atoms with van der Waals surface area (Å²) in [5.74, 6) is -0.885. The monoisotopic (exact) mass is 377 g/mol. The molecule has 0 saturated carbocycles. The number of phenolic OH excluding ortho intramolecular Hbond substituents is 1. The number of hydrogen-bond donors (Lipinski definition) is 2. The molecule has 28 heavy (non-hydrogen) atoms. The lowest BCUT2D eigenvalue weighted by atomic mass is 9.92. The van der Waals surface area contributed by atoms with Crippen LogP contribution in [0, 0.1) is 0 Å². The fourth-order valence-corrected chi connectivity index (χ4v) is 3.58. The minimum Gasteiger partial charge on any atom is -0.504 e. The van der Waals surface area contributed by atoms with E-state index in [4.69, 9.17) is 4.74 Å². The number of pyridine rings is 1. The molecule has 0 amide bonds. The molecule has 6 nitrogen and oxygen atoms in total. The van der Waals surface area contributed by atoms with Crippen molar-refractivity contribution >= 4 is 5.97 Å². The van der Waals surface area contributed by atoms with Gasteiger partial charge in [-0.1, -0.05) is 30.3 Å². The number of ether oxygens (including phenoxy) is 1. The first-order valence-corrected chi connectivity index (χ1v) is 8.96. The van der Waals surface area contributed by atoms with Gasteiger partial charge in [-0.2, -0.15) is 0 Å². The first kappa shape index (κ1) is 17.9. The second-order valence-corrected chi connectivity index (χ2v) is 6.95. The van der Waals surface area contributed by atoms with Crippen LogP contribution in [0.1, 0.15) is 34.5 Å². The number of rotatable bonds is 4. The number of carboxylic acid groups (broad SMARTS) is 1. The number of fused-ring (bicyclic) bond motifs is 3. The summed E-state index contributed by atoms with van der Waals surface area (Å²) >= 11 is 0. The first-order valence-electron chi connectivity index (χ1n) is 8.96. The Bertz CT molecular complexity index is 1120. The lowest BCUT2D eigenvalue weighted by Crippen LogP contribution is -2.24. The maximum Gasteiger partial charge on any atom is 0.341 e. The summed E-state index contributed by atoms with van der Waals surface area (Å²) in [6.45, 7) is 2.29. The van der Waals surface area contributed by atoms with Crippen LogP contribution >= 0.6 is 0 Å². The predicted molar refractivity (Wildman–Crippen MR) is 104 cm³/mol. The Morgan fingerprint density at radius 1 is 1.21 bits per heavy atom. The van der Waals surface area contributed by atoms with Crippen LogP contribution in [0.4, 0.5) is 0 Å². The molecule has 1 atom stereocenters. The second-order valence-electron chi connectivity index (χ2n) is 6.95.